The van der Waals surface area contributed by atoms with Gasteiger partial charge >= 0.3 is 6.03 Å². The summed E-state index contributed by atoms with van der Waals surface area (Å²) < 4.78 is 12.3. The van der Waals surface area contributed by atoms with E-state index in [0.29, 0.717) is 40.7 Å². The molecule has 4 N–H and O–H groups in total. The molecule has 1 heterocycles. The number of hydrogen-bond acceptors (Lipinski definition) is 6. The van der Waals surface area contributed by atoms with Crippen LogP contribution in [0.2, 0.25) is 0 Å². The quantitative estimate of drug-likeness (QED) is 0.205. The normalized spacial score (nSPS) is 13.9. The SMILES string of the molecule is CCC(CC)NC(=O)Nc1ccc(Oc2ccc(NC(=O)c3ccccc3OC3CCN(CCO)CC3)cc2C)cc1. The van der Waals surface area contributed by atoms with E-state index in [0.717, 1.165) is 44.3 Å². The minimum atomic E-state index is -0.243. The van der Waals surface area contributed by atoms with Gasteiger partial charge in [0.1, 0.15) is 23.4 Å². The molecule has 1 fully saturated rings. The van der Waals surface area contributed by atoms with Crippen molar-refractivity contribution in [2.75, 3.05) is 36.9 Å². The van der Waals surface area contributed by atoms with Crippen LogP contribution in [0.15, 0.2) is 66.7 Å². The van der Waals surface area contributed by atoms with Crippen LogP contribution in [0.25, 0.3) is 0 Å². The van der Waals surface area contributed by atoms with E-state index in [1.165, 1.54) is 0 Å². The van der Waals surface area contributed by atoms with Gasteiger partial charge in [-0.3, -0.25) is 4.79 Å². The fourth-order valence-corrected chi connectivity index (χ4v) is 4.95. The van der Waals surface area contributed by atoms with Crippen LogP contribution in [-0.4, -0.2) is 60.3 Å². The van der Waals surface area contributed by atoms with Crippen LogP contribution >= 0.6 is 0 Å². The Labute approximate surface area is 248 Å². The lowest BCUT2D eigenvalue weighted by atomic mass is 10.1. The zero-order chi connectivity index (χ0) is 29.9. The molecule has 0 bridgehead atoms. The lowest BCUT2D eigenvalue weighted by molar-refractivity contribution is 0.0865. The molecule has 0 unspecified atom stereocenters. The van der Waals surface area contributed by atoms with Crippen molar-refractivity contribution in [2.24, 2.45) is 0 Å². The number of carbonyl (C=O) groups excluding carboxylic acids is 2. The molecular formula is C33H42N4O5. The first-order valence-electron chi connectivity index (χ1n) is 14.7. The number of benzene rings is 3. The van der Waals surface area contributed by atoms with E-state index in [1.54, 1.807) is 36.4 Å². The topological polar surface area (TPSA) is 112 Å². The second-order valence-corrected chi connectivity index (χ2v) is 10.6. The van der Waals surface area contributed by atoms with Crippen molar-refractivity contribution in [1.82, 2.24) is 10.2 Å². The summed E-state index contributed by atoms with van der Waals surface area (Å²) in [5.74, 6) is 1.62. The van der Waals surface area contributed by atoms with Crippen molar-refractivity contribution in [2.45, 2.75) is 58.6 Å². The minimum Gasteiger partial charge on any atom is -0.489 e. The molecule has 42 heavy (non-hydrogen) atoms. The van der Waals surface area contributed by atoms with Gasteiger partial charge in [0.15, 0.2) is 0 Å². The predicted molar refractivity (Wildman–Crippen MR) is 166 cm³/mol. The average molecular weight is 575 g/mol. The number of nitrogens with zero attached hydrogens (tertiary/aromatic N) is 1. The van der Waals surface area contributed by atoms with Gasteiger partial charge in [-0.05, 0) is 92.8 Å². The second kappa shape index (κ2) is 15.2. The molecule has 3 aromatic rings. The number of para-hydroxylation sites is 1. The standard InChI is InChI=1S/C33H42N4O5/c1-4-24(5-2)35-33(40)36-25-10-13-27(14-11-25)41-30-15-12-26(22-23(30)3)34-32(39)29-8-6-7-9-31(29)42-28-16-18-37(19-17-28)20-21-38/h6-15,22,24,28,38H,4-5,16-21H2,1-3H3,(H,34,39)(H2,35,36,40). The van der Waals surface area contributed by atoms with Crippen molar-refractivity contribution in [3.05, 3.63) is 77.9 Å². The molecule has 9 nitrogen and oxygen atoms in total. The summed E-state index contributed by atoms with van der Waals surface area (Å²) in [6.45, 7) is 8.58. The summed E-state index contributed by atoms with van der Waals surface area (Å²) >= 11 is 0. The van der Waals surface area contributed by atoms with Gasteiger partial charge < -0.3 is 35.4 Å². The molecule has 0 atom stereocenters. The Balaban J connectivity index is 1.33. The number of nitrogens with one attached hydrogen (secondary N) is 3. The van der Waals surface area contributed by atoms with Gasteiger partial charge in [-0.25, -0.2) is 4.79 Å². The highest BCUT2D eigenvalue weighted by molar-refractivity contribution is 6.06. The molecule has 4 rings (SSSR count). The van der Waals surface area contributed by atoms with Gasteiger partial charge in [0.05, 0.1) is 12.2 Å². The number of urea groups is 1. The van der Waals surface area contributed by atoms with Crippen LogP contribution < -0.4 is 25.4 Å². The maximum atomic E-state index is 13.2. The Morgan fingerprint density at radius 2 is 1.62 bits per heavy atom. The molecule has 0 radical (unpaired) electrons. The summed E-state index contributed by atoms with van der Waals surface area (Å²) in [4.78, 5) is 27.6. The van der Waals surface area contributed by atoms with Crippen molar-refractivity contribution in [3.63, 3.8) is 0 Å². The molecule has 0 aromatic heterocycles. The summed E-state index contributed by atoms with van der Waals surface area (Å²) in [5.41, 5.74) is 2.67. The van der Waals surface area contributed by atoms with Crippen LogP contribution in [0.5, 0.6) is 17.2 Å². The number of anilines is 2. The summed E-state index contributed by atoms with van der Waals surface area (Å²) in [7, 11) is 0. The van der Waals surface area contributed by atoms with Gasteiger partial charge in [0.2, 0.25) is 0 Å². The van der Waals surface area contributed by atoms with Gasteiger partial charge in [0.25, 0.3) is 5.91 Å². The summed E-state index contributed by atoms with van der Waals surface area (Å²) in [6.07, 6.45) is 3.50. The Hall–Kier alpha value is -4.08. The fourth-order valence-electron chi connectivity index (χ4n) is 4.95. The number of amides is 3. The summed E-state index contributed by atoms with van der Waals surface area (Å²) in [6, 6.07) is 19.9. The highest BCUT2D eigenvalue weighted by atomic mass is 16.5. The van der Waals surface area contributed by atoms with Crippen molar-refractivity contribution in [3.8, 4) is 17.2 Å². The number of ether oxygens (including phenoxy) is 2. The third kappa shape index (κ3) is 8.71. The zero-order valence-electron chi connectivity index (χ0n) is 24.7. The lowest BCUT2D eigenvalue weighted by Gasteiger charge is -2.32. The van der Waals surface area contributed by atoms with E-state index in [9.17, 15) is 9.59 Å². The monoisotopic (exact) mass is 574 g/mol. The van der Waals surface area contributed by atoms with Crippen molar-refractivity contribution in [1.29, 1.82) is 0 Å². The van der Waals surface area contributed by atoms with Crippen molar-refractivity contribution >= 4 is 23.3 Å². The van der Waals surface area contributed by atoms with Gasteiger partial charge in [-0.2, -0.15) is 0 Å². The first kappa shape index (κ1) is 30.9. The maximum Gasteiger partial charge on any atom is 0.319 e. The molecule has 3 aromatic carbocycles. The minimum absolute atomic E-state index is 0.0315. The van der Waals surface area contributed by atoms with E-state index in [2.05, 4.69) is 20.9 Å². The van der Waals surface area contributed by atoms with Crippen LogP contribution in [0, 0.1) is 6.92 Å². The largest absolute Gasteiger partial charge is 0.489 e. The number of aliphatic hydroxyl groups excluding tert-OH is 1. The van der Waals surface area contributed by atoms with E-state index in [4.69, 9.17) is 14.6 Å². The lowest BCUT2D eigenvalue weighted by Crippen LogP contribution is -2.39. The third-order valence-electron chi connectivity index (χ3n) is 7.47. The molecule has 224 valence electrons. The Morgan fingerprint density at radius 1 is 0.929 bits per heavy atom. The fraction of sp³-hybridized carbons (Fsp3) is 0.394. The number of aliphatic hydroxyl groups is 1. The highest BCUT2D eigenvalue weighted by Gasteiger charge is 2.22. The number of aryl methyl sites for hydroxylation is 1. The van der Waals surface area contributed by atoms with Gasteiger partial charge in [0, 0.05) is 37.1 Å². The second-order valence-electron chi connectivity index (χ2n) is 10.6. The smallest absolute Gasteiger partial charge is 0.319 e. The Morgan fingerprint density at radius 3 is 2.29 bits per heavy atom. The van der Waals surface area contributed by atoms with E-state index < -0.39 is 0 Å². The van der Waals surface area contributed by atoms with Crippen LogP contribution in [0.4, 0.5) is 16.2 Å². The molecule has 3 amide bonds. The average Bonchev–Trinajstić information content (AvgIpc) is 2.99. The number of rotatable bonds is 12. The summed E-state index contributed by atoms with van der Waals surface area (Å²) in [5, 5.41) is 18.0. The zero-order valence-corrected chi connectivity index (χ0v) is 24.7. The molecule has 1 aliphatic heterocycles. The number of β-amino-alcohol motifs (C(OH)–C–C–N with tert-alkyl or cyclic N) is 1. The van der Waals surface area contributed by atoms with E-state index in [1.807, 2.05) is 51.1 Å². The van der Waals surface area contributed by atoms with E-state index >= 15 is 0 Å². The van der Waals surface area contributed by atoms with Gasteiger partial charge in [-0.15, -0.1) is 0 Å². The number of hydrogen-bond donors (Lipinski definition) is 4. The predicted octanol–water partition coefficient (Wildman–Crippen LogP) is 6.19. The Kier molecular flexibility index (Phi) is 11.2. The molecular weight excluding hydrogens is 532 g/mol. The first-order valence-corrected chi connectivity index (χ1v) is 14.7. The highest BCUT2D eigenvalue weighted by Crippen LogP contribution is 2.29. The van der Waals surface area contributed by atoms with Crippen molar-refractivity contribution < 1.29 is 24.2 Å². The first-order chi connectivity index (χ1) is 20.4. The maximum absolute atomic E-state index is 13.2. The number of likely N-dealkylation sites (tertiary alicyclic amines) is 1. The molecule has 1 aliphatic rings. The van der Waals surface area contributed by atoms with Crippen LogP contribution in [-0.2, 0) is 0 Å². The Bertz CT molecular complexity index is 1320. The molecule has 0 spiro atoms. The molecule has 0 aliphatic carbocycles. The van der Waals surface area contributed by atoms with E-state index in [-0.39, 0.29) is 30.7 Å². The number of piperidine rings is 1. The number of carbonyl (C=O) groups is 2. The van der Waals surface area contributed by atoms with Gasteiger partial charge in [-0.1, -0.05) is 26.0 Å². The van der Waals surface area contributed by atoms with Crippen LogP contribution in [0.3, 0.4) is 0 Å². The molecule has 0 saturated carbocycles. The third-order valence-corrected chi connectivity index (χ3v) is 7.47. The van der Waals surface area contributed by atoms with Crippen LogP contribution in [0.1, 0.15) is 55.5 Å². The molecule has 9 heteroatoms. The molecule has 1 saturated heterocycles.